The van der Waals surface area contributed by atoms with Crippen LogP contribution in [0.3, 0.4) is 0 Å². The second-order valence-electron chi connectivity index (χ2n) is 7.53. The molecule has 4 heteroatoms. The van der Waals surface area contributed by atoms with E-state index in [2.05, 4.69) is 122 Å². The summed E-state index contributed by atoms with van der Waals surface area (Å²) in [5.41, 5.74) is 6.76. The van der Waals surface area contributed by atoms with E-state index in [0.717, 1.165) is 27.9 Å². The van der Waals surface area contributed by atoms with Crippen LogP contribution in [0.25, 0.3) is 38.7 Å². The van der Waals surface area contributed by atoms with Crippen molar-refractivity contribution in [1.82, 2.24) is 14.0 Å². The molecule has 0 bridgehead atoms. The zero-order valence-corrected chi connectivity index (χ0v) is 17.8. The minimum absolute atomic E-state index is 0.811. The minimum atomic E-state index is 0.811. The zero-order valence-electron chi connectivity index (χ0n) is 16.2. The fraction of sp³-hybridized carbons (Fsp3) is 0.0385. The van der Waals surface area contributed by atoms with Crippen LogP contribution < -0.4 is 0 Å². The van der Waals surface area contributed by atoms with Crippen LogP contribution in [0.4, 0.5) is 0 Å². The summed E-state index contributed by atoms with van der Waals surface area (Å²) < 4.78 is 5.61. The Balaban J connectivity index is 1.65. The molecular weight excluding hydrogens is 434 g/mol. The van der Waals surface area contributed by atoms with Crippen LogP contribution >= 0.6 is 15.9 Å². The molecule has 0 spiro atoms. The number of pyridine rings is 1. The van der Waals surface area contributed by atoms with Crippen LogP contribution in [0.2, 0.25) is 0 Å². The van der Waals surface area contributed by atoms with E-state index in [0.29, 0.717) is 0 Å². The van der Waals surface area contributed by atoms with Crippen molar-refractivity contribution < 1.29 is 0 Å². The molecular formula is C26H18BrN3. The summed E-state index contributed by atoms with van der Waals surface area (Å²) in [4.78, 5) is 5.07. The SMILES string of the molecule is Brc1ccc(-c2cn3ccc4c5ccccc5n(Cc5ccccc5)c4c3n2)cc1. The number of benzene rings is 3. The van der Waals surface area contributed by atoms with Gasteiger partial charge in [0.15, 0.2) is 5.65 Å². The van der Waals surface area contributed by atoms with Gasteiger partial charge in [-0.3, -0.25) is 0 Å². The molecule has 0 aliphatic carbocycles. The molecule has 0 atom stereocenters. The fourth-order valence-corrected chi connectivity index (χ4v) is 4.53. The van der Waals surface area contributed by atoms with Crippen molar-refractivity contribution in [3.63, 3.8) is 0 Å². The first-order valence-electron chi connectivity index (χ1n) is 9.96. The number of halogens is 1. The maximum atomic E-state index is 5.07. The highest BCUT2D eigenvalue weighted by Gasteiger charge is 2.16. The van der Waals surface area contributed by atoms with Gasteiger partial charge < -0.3 is 8.97 Å². The Labute approximate surface area is 182 Å². The van der Waals surface area contributed by atoms with Gasteiger partial charge in [0.2, 0.25) is 0 Å². The van der Waals surface area contributed by atoms with Gasteiger partial charge in [0.25, 0.3) is 0 Å². The Morgan fingerprint density at radius 1 is 0.767 bits per heavy atom. The minimum Gasteiger partial charge on any atom is -0.333 e. The summed E-state index contributed by atoms with van der Waals surface area (Å²) in [6, 6.07) is 29.8. The highest BCUT2D eigenvalue weighted by molar-refractivity contribution is 9.10. The molecule has 6 aromatic rings. The smallest absolute Gasteiger partial charge is 0.162 e. The third-order valence-electron chi connectivity index (χ3n) is 5.68. The van der Waals surface area contributed by atoms with Gasteiger partial charge in [-0.25, -0.2) is 4.98 Å². The Morgan fingerprint density at radius 2 is 1.53 bits per heavy atom. The lowest BCUT2D eigenvalue weighted by Crippen LogP contribution is -2.00. The summed E-state index contributed by atoms with van der Waals surface area (Å²) in [5, 5.41) is 2.50. The second kappa shape index (κ2) is 6.85. The van der Waals surface area contributed by atoms with E-state index in [9.17, 15) is 0 Å². The van der Waals surface area contributed by atoms with Gasteiger partial charge in [-0.05, 0) is 29.8 Å². The van der Waals surface area contributed by atoms with Crippen molar-refractivity contribution in [2.75, 3.05) is 0 Å². The quantitative estimate of drug-likeness (QED) is 0.286. The lowest BCUT2D eigenvalue weighted by Gasteiger charge is -2.08. The molecule has 3 heterocycles. The average Bonchev–Trinajstić information content (AvgIpc) is 3.35. The Morgan fingerprint density at radius 3 is 2.37 bits per heavy atom. The van der Waals surface area contributed by atoms with Crippen LogP contribution in [-0.2, 0) is 6.54 Å². The summed E-state index contributed by atoms with van der Waals surface area (Å²) in [5.74, 6) is 0. The van der Waals surface area contributed by atoms with E-state index >= 15 is 0 Å². The lowest BCUT2D eigenvalue weighted by molar-refractivity contribution is 0.868. The van der Waals surface area contributed by atoms with E-state index in [1.807, 2.05) is 0 Å². The summed E-state index contributed by atoms with van der Waals surface area (Å²) in [7, 11) is 0. The molecule has 3 aromatic heterocycles. The number of imidazole rings is 1. The van der Waals surface area contributed by atoms with Crippen molar-refractivity contribution in [2.24, 2.45) is 0 Å². The van der Waals surface area contributed by atoms with E-state index in [4.69, 9.17) is 4.98 Å². The number of para-hydroxylation sites is 1. The van der Waals surface area contributed by atoms with Crippen LogP contribution in [-0.4, -0.2) is 14.0 Å². The van der Waals surface area contributed by atoms with Crippen molar-refractivity contribution in [2.45, 2.75) is 6.54 Å². The van der Waals surface area contributed by atoms with Crippen LogP contribution in [0.1, 0.15) is 5.56 Å². The number of aromatic nitrogens is 3. The summed E-state index contributed by atoms with van der Waals surface area (Å²) in [6.45, 7) is 0.811. The third kappa shape index (κ3) is 2.76. The molecule has 0 radical (unpaired) electrons. The molecule has 3 aromatic carbocycles. The summed E-state index contributed by atoms with van der Waals surface area (Å²) in [6.07, 6.45) is 4.23. The average molecular weight is 452 g/mol. The van der Waals surface area contributed by atoms with Gasteiger partial charge in [-0.2, -0.15) is 0 Å². The Hall–Kier alpha value is -3.37. The molecule has 0 amide bonds. The molecule has 30 heavy (non-hydrogen) atoms. The predicted molar refractivity (Wildman–Crippen MR) is 127 cm³/mol. The second-order valence-corrected chi connectivity index (χ2v) is 8.45. The molecule has 0 fully saturated rings. The zero-order chi connectivity index (χ0) is 20.1. The van der Waals surface area contributed by atoms with Crippen molar-refractivity contribution in [3.8, 4) is 11.3 Å². The van der Waals surface area contributed by atoms with Gasteiger partial charge in [0.1, 0.15) is 0 Å². The van der Waals surface area contributed by atoms with Crippen molar-refractivity contribution in [1.29, 1.82) is 0 Å². The molecule has 0 aliphatic heterocycles. The van der Waals surface area contributed by atoms with Crippen molar-refractivity contribution in [3.05, 3.63) is 107 Å². The van der Waals surface area contributed by atoms with Gasteiger partial charge >= 0.3 is 0 Å². The monoisotopic (exact) mass is 451 g/mol. The first-order chi connectivity index (χ1) is 14.8. The molecule has 144 valence electrons. The highest BCUT2D eigenvalue weighted by Crippen LogP contribution is 2.33. The molecule has 0 saturated carbocycles. The van der Waals surface area contributed by atoms with Gasteiger partial charge in [0.05, 0.1) is 11.2 Å². The van der Waals surface area contributed by atoms with E-state index in [-0.39, 0.29) is 0 Å². The van der Waals surface area contributed by atoms with Gasteiger partial charge in [-0.1, -0.05) is 76.6 Å². The standard InChI is InChI=1S/C26H18BrN3/c27-20-12-10-19(11-13-20)23-17-29-15-14-22-21-8-4-5-9-24(21)30(25(22)26(29)28-23)16-18-6-2-1-3-7-18/h1-15,17H,16H2. The molecule has 6 rings (SSSR count). The normalized spacial score (nSPS) is 11.6. The van der Waals surface area contributed by atoms with Crippen LogP contribution in [0.5, 0.6) is 0 Å². The summed E-state index contributed by atoms with van der Waals surface area (Å²) >= 11 is 3.52. The largest absolute Gasteiger partial charge is 0.333 e. The number of rotatable bonds is 3. The Bertz CT molecular complexity index is 1510. The number of hydrogen-bond acceptors (Lipinski definition) is 1. The lowest BCUT2D eigenvalue weighted by atomic mass is 10.2. The molecule has 0 N–H and O–H groups in total. The molecule has 0 unspecified atom stereocenters. The third-order valence-corrected chi connectivity index (χ3v) is 6.21. The Kier molecular flexibility index (Phi) is 3.99. The molecule has 0 aliphatic rings. The first-order valence-corrected chi connectivity index (χ1v) is 10.8. The number of fused-ring (bicyclic) bond motifs is 5. The van der Waals surface area contributed by atoms with Crippen molar-refractivity contribution >= 4 is 43.4 Å². The highest BCUT2D eigenvalue weighted by atomic mass is 79.9. The topological polar surface area (TPSA) is 22.2 Å². The van der Waals surface area contributed by atoms with Crippen LogP contribution in [0, 0.1) is 0 Å². The molecule has 0 saturated heterocycles. The maximum Gasteiger partial charge on any atom is 0.162 e. The van der Waals surface area contributed by atoms with E-state index < -0.39 is 0 Å². The van der Waals surface area contributed by atoms with E-state index in [1.165, 1.54) is 27.4 Å². The van der Waals surface area contributed by atoms with Gasteiger partial charge in [-0.15, -0.1) is 0 Å². The number of hydrogen-bond donors (Lipinski definition) is 0. The first kappa shape index (κ1) is 17.5. The van der Waals surface area contributed by atoms with Crippen LogP contribution in [0.15, 0.2) is 102 Å². The fourth-order valence-electron chi connectivity index (χ4n) is 4.27. The van der Waals surface area contributed by atoms with E-state index in [1.54, 1.807) is 0 Å². The molecule has 3 nitrogen and oxygen atoms in total. The predicted octanol–water partition coefficient (Wildman–Crippen LogP) is 6.92. The van der Waals surface area contributed by atoms with Gasteiger partial charge in [0, 0.05) is 45.3 Å². The number of nitrogens with zero attached hydrogens (tertiary/aromatic N) is 3. The maximum absolute atomic E-state index is 5.07.